The molecule has 2 heterocycles. The molecule has 2 aromatic rings. The first-order valence-corrected chi connectivity index (χ1v) is 10.1. The highest BCUT2D eigenvalue weighted by Gasteiger charge is 2.32. The van der Waals surface area contributed by atoms with Crippen molar-refractivity contribution in [3.63, 3.8) is 0 Å². The van der Waals surface area contributed by atoms with Gasteiger partial charge in [-0.15, -0.1) is 0 Å². The van der Waals surface area contributed by atoms with Gasteiger partial charge in [-0.05, 0) is 38.3 Å². The van der Waals surface area contributed by atoms with E-state index >= 15 is 0 Å². The van der Waals surface area contributed by atoms with Gasteiger partial charge >= 0.3 is 0 Å². The van der Waals surface area contributed by atoms with Crippen LogP contribution in [0.3, 0.4) is 0 Å². The molecule has 1 aromatic carbocycles. The molecular weight excluding hydrogens is 322 g/mol. The molecule has 0 saturated heterocycles. The molecule has 24 heavy (non-hydrogen) atoms. The first kappa shape index (κ1) is 17.2. The molecule has 0 bridgehead atoms. The molecule has 0 spiro atoms. The van der Waals surface area contributed by atoms with E-state index in [2.05, 4.69) is 24.3 Å². The van der Waals surface area contributed by atoms with Crippen LogP contribution < -0.4 is 5.32 Å². The van der Waals surface area contributed by atoms with E-state index in [-0.39, 0.29) is 17.8 Å². The zero-order valence-corrected chi connectivity index (χ0v) is 15.5. The molecule has 1 aliphatic rings. The number of benzene rings is 1. The lowest BCUT2D eigenvalue weighted by Gasteiger charge is -2.30. The summed E-state index contributed by atoms with van der Waals surface area (Å²) in [7, 11) is -1.19. The maximum atomic E-state index is 12.3. The van der Waals surface area contributed by atoms with Gasteiger partial charge in [0, 0.05) is 30.4 Å². The van der Waals surface area contributed by atoms with Crippen molar-refractivity contribution in [1.82, 2.24) is 15.1 Å². The fourth-order valence-corrected chi connectivity index (χ4v) is 5.33. The third-order valence-corrected chi connectivity index (χ3v) is 6.84. The van der Waals surface area contributed by atoms with Crippen molar-refractivity contribution in [2.24, 2.45) is 7.05 Å². The maximum Gasteiger partial charge on any atom is 0.178 e. The van der Waals surface area contributed by atoms with Gasteiger partial charge in [0.1, 0.15) is 0 Å². The predicted octanol–water partition coefficient (Wildman–Crippen LogP) is 3.00. The summed E-state index contributed by atoms with van der Waals surface area (Å²) >= 11 is 0. The molecule has 3 rings (SSSR count). The number of nitrogens with zero attached hydrogens (tertiary/aromatic N) is 2. The van der Waals surface area contributed by atoms with Gasteiger partial charge in [0.05, 0.1) is 16.3 Å². The number of aromatic nitrogens is 2. The molecule has 130 valence electrons. The highest BCUT2D eigenvalue weighted by Crippen LogP contribution is 2.35. The molecule has 0 fully saturated rings. The monoisotopic (exact) mass is 347 g/mol. The smallest absolute Gasteiger partial charge is 0.178 e. The number of hydrogen-bond acceptors (Lipinski definition) is 4. The average Bonchev–Trinajstić information content (AvgIpc) is 2.80. The van der Waals surface area contributed by atoms with Crippen LogP contribution in [0.5, 0.6) is 0 Å². The lowest BCUT2D eigenvalue weighted by Crippen LogP contribution is -2.32. The molecule has 0 saturated carbocycles. The topological polar surface area (TPSA) is 64.0 Å². The molecule has 0 aliphatic carbocycles. The van der Waals surface area contributed by atoms with E-state index < -0.39 is 9.84 Å². The molecule has 0 amide bonds. The quantitative estimate of drug-likeness (QED) is 0.923. The lowest BCUT2D eigenvalue weighted by molar-refractivity contribution is 0.412. The standard InChI is InChI=1S/C18H25N3O2S/c1-5-15(18-12(2)20-21(4)13(18)3)19-16-10-11-24(22,23)17-9-7-6-8-14(16)17/h6-9,15-16,19H,5,10-11H2,1-4H3/t15-,16+/m1/s1. The average molecular weight is 347 g/mol. The minimum Gasteiger partial charge on any atom is -0.303 e. The van der Waals surface area contributed by atoms with Crippen LogP contribution in [0.1, 0.15) is 54.4 Å². The molecule has 2 atom stereocenters. The Morgan fingerprint density at radius 1 is 1.33 bits per heavy atom. The highest BCUT2D eigenvalue weighted by molar-refractivity contribution is 7.91. The maximum absolute atomic E-state index is 12.3. The number of sulfone groups is 1. The summed E-state index contributed by atoms with van der Waals surface area (Å²) in [5, 5.41) is 8.21. The van der Waals surface area contributed by atoms with E-state index in [0.717, 1.165) is 23.4 Å². The van der Waals surface area contributed by atoms with Gasteiger partial charge in [-0.25, -0.2) is 8.42 Å². The van der Waals surface area contributed by atoms with Gasteiger partial charge in [-0.3, -0.25) is 4.68 Å². The molecule has 1 aliphatic heterocycles. The van der Waals surface area contributed by atoms with Gasteiger partial charge in [-0.2, -0.15) is 5.10 Å². The largest absolute Gasteiger partial charge is 0.303 e. The van der Waals surface area contributed by atoms with Gasteiger partial charge in [0.25, 0.3) is 0 Å². The van der Waals surface area contributed by atoms with Crippen LogP contribution in [0.15, 0.2) is 29.2 Å². The minimum atomic E-state index is -3.15. The zero-order valence-electron chi connectivity index (χ0n) is 14.7. The van der Waals surface area contributed by atoms with Crippen molar-refractivity contribution in [2.75, 3.05) is 5.75 Å². The molecule has 1 N–H and O–H groups in total. The van der Waals surface area contributed by atoms with Crippen molar-refractivity contribution in [3.8, 4) is 0 Å². The van der Waals surface area contributed by atoms with Crippen molar-refractivity contribution < 1.29 is 8.42 Å². The normalized spacial score (nSPS) is 20.6. The fourth-order valence-electron chi connectivity index (χ4n) is 3.71. The first-order chi connectivity index (χ1) is 11.3. The van der Waals surface area contributed by atoms with Gasteiger partial charge in [0.2, 0.25) is 0 Å². The summed E-state index contributed by atoms with van der Waals surface area (Å²) in [6, 6.07) is 7.58. The summed E-state index contributed by atoms with van der Waals surface area (Å²) in [6.07, 6.45) is 1.53. The number of hydrogen-bond donors (Lipinski definition) is 1. The summed E-state index contributed by atoms with van der Waals surface area (Å²) in [5.41, 5.74) is 4.31. The Balaban J connectivity index is 1.95. The van der Waals surface area contributed by atoms with E-state index in [0.29, 0.717) is 11.3 Å². The zero-order chi connectivity index (χ0) is 17.5. The van der Waals surface area contributed by atoms with Crippen molar-refractivity contribution in [2.45, 2.75) is 50.6 Å². The highest BCUT2D eigenvalue weighted by atomic mass is 32.2. The van der Waals surface area contributed by atoms with E-state index in [1.165, 1.54) is 5.56 Å². The van der Waals surface area contributed by atoms with E-state index in [1.807, 2.05) is 30.8 Å². The fraction of sp³-hybridized carbons (Fsp3) is 0.500. The molecule has 5 nitrogen and oxygen atoms in total. The second kappa shape index (κ2) is 6.33. The van der Waals surface area contributed by atoms with Crippen LogP contribution in [-0.2, 0) is 16.9 Å². The van der Waals surface area contributed by atoms with E-state index in [4.69, 9.17) is 0 Å². The van der Waals surface area contributed by atoms with Gasteiger partial charge in [0.15, 0.2) is 9.84 Å². The molecule has 0 radical (unpaired) electrons. The predicted molar refractivity (Wildman–Crippen MR) is 94.7 cm³/mol. The lowest BCUT2D eigenvalue weighted by atomic mass is 9.97. The second-order valence-electron chi connectivity index (χ2n) is 6.53. The molecule has 0 unspecified atom stereocenters. The minimum absolute atomic E-state index is 0.0497. The second-order valence-corrected chi connectivity index (χ2v) is 8.61. The SMILES string of the molecule is CC[C@@H](N[C@H]1CCS(=O)(=O)c2ccccc21)c1c(C)nn(C)c1C. The van der Waals surface area contributed by atoms with E-state index in [9.17, 15) is 8.42 Å². The van der Waals surface area contributed by atoms with E-state index in [1.54, 1.807) is 12.1 Å². The Morgan fingerprint density at radius 3 is 2.67 bits per heavy atom. The summed E-state index contributed by atoms with van der Waals surface area (Å²) < 4.78 is 26.5. The summed E-state index contributed by atoms with van der Waals surface area (Å²) in [5.74, 6) is 0.198. The third-order valence-electron chi connectivity index (χ3n) is 5.03. The Morgan fingerprint density at radius 2 is 2.04 bits per heavy atom. The van der Waals surface area contributed by atoms with Crippen molar-refractivity contribution in [1.29, 1.82) is 0 Å². The Hall–Kier alpha value is -1.66. The van der Waals surface area contributed by atoms with Gasteiger partial charge in [-0.1, -0.05) is 25.1 Å². The van der Waals surface area contributed by atoms with Crippen molar-refractivity contribution in [3.05, 3.63) is 46.8 Å². The number of nitrogens with one attached hydrogen (secondary N) is 1. The van der Waals surface area contributed by atoms with Crippen LogP contribution >= 0.6 is 0 Å². The van der Waals surface area contributed by atoms with Crippen LogP contribution in [0.2, 0.25) is 0 Å². The van der Waals surface area contributed by atoms with Gasteiger partial charge < -0.3 is 5.32 Å². The van der Waals surface area contributed by atoms with Crippen molar-refractivity contribution >= 4 is 9.84 Å². The van der Waals surface area contributed by atoms with Crippen LogP contribution in [0, 0.1) is 13.8 Å². The number of rotatable bonds is 4. The summed E-state index contributed by atoms with van der Waals surface area (Å²) in [6.45, 7) is 6.26. The van der Waals surface area contributed by atoms with Crippen LogP contribution in [-0.4, -0.2) is 24.0 Å². The Labute approximate surface area is 144 Å². The number of aryl methyl sites for hydroxylation is 2. The molecule has 1 aromatic heterocycles. The third kappa shape index (κ3) is 2.89. The summed E-state index contributed by atoms with van der Waals surface area (Å²) in [4.78, 5) is 0.475. The van der Waals surface area contributed by atoms with Crippen LogP contribution in [0.4, 0.5) is 0 Å². The Kier molecular flexibility index (Phi) is 4.53. The van der Waals surface area contributed by atoms with Crippen LogP contribution in [0.25, 0.3) is 0 Å². The molecular formula is C18H25N3O2S. The Bertz CT molecular complexity index is 855. The molecule has 6 heteroatoms. The number of fused-ring (bicyclic) bond motifs is 1. The first-order valence-electron chi connectivity index (χ1n) is 8.43.